The first-order chi connectivity index (χ1) is 27.0. The third-order valence-corrected chi connectivity index (χ3v) is 10.8. The molecule has 0 aliphatic carbocycles. The average molecular weight is 777 g/mol. The first kappa shape index (κ1) is 53.1. The first-order valence-electron chi connectivity index (χ1n) is 24.2. The molecule has 0 aliphatic rings. The van der Waals surface area contributed by atoms with Crippen molar-refractivity contribution in [3.8, 4) is 0 Å². The average Bonchev–Trinajstić information content (AvgIpc) is 3.18. The highest BCUT2D eigenvalue weighted by Crippen LogP contribution is 2.16. The molecule has 55 heavy (non-hydrogen) atoms. The molecule has 0 aromatic rings. The summed E-state index contributed by atoms with van der Waals surface area (Å²) in [6.07, 6.45) is 47.9. The fourth-order valence-electron chi connectivity index (χ4n) is 7.08. The topological polar surface area (TPSA) is 78.9 Å². The Kier molecular flexibility index (Phi) is 43.4. The molecule has 0 aromatic heterocycles. The van der Waals surface area contributed by atoms with Gasteiger partial charge in [0.1, 0.15) is 13.2 Å². The zero-order valence-corrected chi connectivity index (χ0v) is 37.0. The molecule has 6 nitrogen and oxygen atoms in total. The van der Waals surface area contributed by atoms with E-state index in [4.69, 9.17) is 14.2 Å². The van der Waals surface area contributed by atoms with Crippen molar-refractivity contribution in [2.24, 2.45) is 0 Å². The van der Waals surface area contributed by atoms with Crippen molar-refractivity contribution < 1.29 is 28.6 Å². The Hall–Kier alpha value is -1.85. The SMILES string of the molecule is CCCCC/C=C\CCCCCCCC(=O)OC(COC(=O)CCCCCCCC)COC(=O)CCCCCCCCCCCCCCCCCCCCC. The van der Waals surface area contributed by atoms with Crippen molar-refractivity contribution >= 4 is 17.9 Å². The second-order valence-electron chi connectivity index (χ2n) is 16.4. The molecule has 0 aliphatic heterocycles. The van der Waals surface area contributed by atoms with E-state index in [1.54, 1.807) is 0 Å². The third-order valence-electron chi connectivity index (χ3n) is 10.8. The van der Waals surface area contributed by atoms with Gasteiger partial charge in [-0.2, -0.15) is 0 Å². The van der Waals surface area contributed by atoms with E-state index >= 15 is 0 Å². The van der Waals surface area contributed by atoms with E-state index in [-0.39, 0.29) is 31.1 Å². The van der Waals surface area contributed by atoms with Gasteiger partial charge in [-0.1, -0.05) is 213 Å². The first-order valence-corrected chi connectivity index (χ1v) is 24.2. The van der Waals surface area contributed by atoms with Crippen LogP contribution in [0.5, 0.6) is 0 Å². The van der Waals surface area contributed by atoms with Crippen LogP contribution < -0.4 is 0 Å². The summed E-state index contributed by atoms with van der Waals surface area (Å²) in [7, 11) is 0. The maximum atomic E-state index is 12.7. The lowest BCUT2D eigenvalue weighted by atomic mass is 10.0. The van der Waals surface area contributed by atoms with Crippen molar-refractivity contribution in [1.82, 2.24) is 0 Å². The van der Waals surface area contributed by atoms with Crippen LogP contribution in [-0.4, -0.2) is 37.2 Å². The van der Waals surface area contributed by atoms with Crippen LogP contribution in [0.15, 0.2) is 12.2 Å². The van der Waals surface area contributed by atoms with E-state index in [2.05, 4.69) is 32.9 Å². The second-order valence-corrected chi connectivity index (χ2v) is 16.4. The molecule has 0 heterocycles. The van der Waals surface area contributed by atoms with Crippen molar-refractivity contribution in [3.05, 3.63) is 12.2 Å². The Balaban J connectivity index is 4.15. The second kappa shape index (κ2) is 44.9. The maximum Gasteiger partial charge on any atom is 0.306 e. The number of carbonyl (C=O) groups excluding carboxylic acids is 3. The predicted molar refractivity (Wildman–Crippen MR) is 233 cm³/mol. The highest BCUT2D eigenvalue weighted by Gasteiger charge is 2.19. The molecule has 0 aromatic carbocycles. The zero-order chi connectivity index (χ0) is 40.1. The van der Waals surface area contributed by atoms with Gasteiger partial charge in [0.05, 0.1) is 0 Å². The lowest BCUT2D eigenvalue weighted by molar-refractivity contribution is -0.167. The number of hydrogen-bond acceptors (Lipinski definition) is 6. The highest BCUT2D eigenvalue weighted by molar-refractivity contribution is 5.71. The van der Waals surface area contributed by atoms with Gasteiger partial charge >= 0.3 is 17.9 Å². The number of carbonyl (C=O) groups is 3. The van der Waals surface area contributed by atoms with Gasteiger partial charge in [0.15, 0.2) is 6.10 Å². The number of ether oxygens (including phenoxy) is 3. The van der Waals surface area contributed by atoms with E-state index in [1.807, 2.05) is 0 Å². The molecule has 0 amide bonds. The molecule has 0 fully saturated rings. The van der Waals surface area contributed by atoms with Gasteiger partial charge in [-0.3, -0.25) is 14.4 Å². The minimum atomic E-state index is -0.765. The van der Waals surface area contributed by atoms with Gasteiger partial charge in [0.25, 0.3) is 0 Å². The Morgan fingerprint density at radius 3 is 0.945 bits per heavy atom. The molecular formula is C49H92O6. The fraction of sp³-hybridized carbons (Fsp3) is 0.898. The van der Waals surface area contributed by atoms with Crippen LogP contribution in [0.3, 0.4) is 0 Å². The van der Waals surface area contributed by atoms with Crippen LogP contribution >= 0.6 is 0 Å². The summed E-state index contributed by atoms with van der Waals surface area (Å²) in [5.41, 5.74) is 0. The van der Waals surface area contributed by atoms with E-state index < -0.39 is 6.10 Å². The molecule has 0 N–H and O–H groups in total. The molecular weight excluding hydrogens is 685 g/mol. The van der Waals surface area contributed by atoms with E-state index in [9.17, 15) is 14.4 Å². The molecule has 0 saturated heterocycles. The summed E-state index contributed by atoms with van der Waals surface area (Å²) < 4.78 is 16.7. The van der Waals surface area contributed by atoms with Crippen molar-refractivity contribution in [3.63, 3.8) is 0 Å². The highest BCUT2D eigenvalue weighted by atomic mass is 16.6. The summed E-state index contributed by atoms with van der Waals surface area (Å²) in [5, 5.41) is 0. The van der Waals surface area contributed by atoms with Crippen molar-refractivity contribution in [2.45, 2.75) is 271 Å². The van der Waals surface area contributed by atoms with Gasteiger partial charge in [-0.15, -0.1) is 0 Å². The molecule has 6 heteroatoms. The van der Waals surface area contributed by atoms with Crippen molar-refractivity contribution in [2.75, 3.05) is 13.2 Å². The van der Waals surface area contributed by atoms with Crippen LogP contribution in [0.4, 0.5) is 0 Å². The van der Waals surface area contributed by atoms with Gasteiger partial charge < -0.3 is 14.2 Å². The lowest BCUT2D eigenvalue weighted by Gasteiger charge is -2.18. The summed E-state index contributed by atoms with van der Waals surface area (Å²) in [6, 6.07) is 0. The van der Waals surface area contributed by atoms with Crippen LogP contribution in [0.1, 0.15) is 265 Å². The molecule has 324 valence electrons. The quantitative estimate of drug-likeness (QED) is 0.0265. The van der Waals surface area contributed by atoms with Gasteiger partial charge in [0, 0.05) is 19.3 Å². The number of esters is 3. The minimum absolute atomic E-state index is 0.0695. The third kappa shape index (κ3) is 43.1. The normalized spacial score (nSPS) is 12.0. The van der Waals surface area contributed by atoms with Gasteiger partial charge in [0.2, 0.25) is 0 Å². The van der Waals surface area contributed by atoms with E-state index in [0.717, 1.165) is 64.2 Å². The molecule has 0 spiro atoms. The standard InChI is InChI=1S/C49H92O6/c1-4-7-10-13-16-18-20-22-23-24-25-26-27-28-30-31-33-36-39-42-48(51)54-45-46(44-53-47(50)41-38-35-15-12-9-6-3)55-49(52)43-40-37-34-32-29-21-19-17-14-11-8-5-2/h17,19,46H,4-16,18,20-45H2,1-3H3/b19-17-. The maximum absolute atomic E-state index is 12.7. The van der Waals surface area contributed by atoms with E-state index in [1.165, 1.54) is 161 Å². The molecule has 0 bridgehead atoms. The molecule has 0 saturated carbocycles. The summed E-state index contributed by atoms with van der Waals surface area (Å²) in [4.78, 5) is 37.6. The van der Waals surface area contributed by atoms with Crippen molar-refractivity contribution in [1.29, 1.82) is 0 Å². The molecule has 1 unspecified atom stereocenters. The minimum Gasteiger partial charge on any atom is -0.462 e. The zero-order valence-electron chi connectivity index (χ0n) is 37.0. The Bertz CT molecular complexity index is 854. The summed E-state index contributed by atoms with van der Waals surface area (Å²) in [5.74, 6) is -0.878. The van der Waals surface area contributed by atoms with Crippen LogP contribution in [-0.2, 0) is 28.6 Å². The molecule has 0 radical (unpaired) electrons. The molecule has 1 atom stereocenters. The Labute approximate surface area is 341 Å². The monoisotopic (exact) mass is 777 g/mol. The number of rotatable bonds is 44. The number of unbranched alkanes of at least 4 members (excludes halogenated alkanes) is 31. The molecule has 0 rings (SSSR count). The summed E-state index contributed by atoms with van der Waals surface area (Å²) >= 11 is 0. The van der Waals surface area contributed by atoms with Gasteiger partial charge in [-0.05, 0) is 44.9 Å². The Morgan fingerprint density at radius 1 is 0.345 bits per heavy atom. The number of allylic oxidation sites excluding steroid dienone is 2. The van der Waals surface area contributed by atoms with Crippen LogP contribution in [0.2, 0.25) is 0 Å². The van der Waals surface area contributed by atoms with E-state index in [0.29, 0.717) is 19.3 Å². The van der Waals surface area contributed by atoms with Gasteiger partial charge in [-0.25, -0.2) is 0 Å². The fourth-order valence-corrected chi connectivity index (χ4v) is 7.08. The Morgan fingerprint density at radius 2 is 0.600 bits per heavy atom. The number of hydrogen-bond donors (Lipinski definition) is 0. The van der Waals surface area contributed by atoms with Crippen LogP contribution in [0.25, 0.3) is 0 Å². The largest absolute Gasteiger partial charge is 0.462 e. The van der Waals surface area contributed by atoms with Crippen LogP contribution in [0, 0.1) is 0 Å². The predicted octanol–water partition coefficient (Wildman–Crippen LogP) is 15.4. The lowest BCUT2D eigenvalue weighted by Crippen LogP contribution is -2.30. The smallest absolute Gasteiger partial charge is 0.306 e. The summed E-state index contributed by atoms with van der Waals surface area (Å²) in [6.45, 7) is 6.57.